The first-order valence-electron chi connectivity index (χ1n) is 15.3. The lowest BCUT2D eigenvalue weighted by Gasteiger charge is -2.44. The fourth-order valence-electron chi connectivity index (χ4n) is 7.73. The molecule has 6 atom stereocenters. The predicted molar refractivity (Wildman–Crippen MR) is 159 cm³/mol. The van der Waals surface area contributed by atoms with Gasteiger partial charge in [0.25, 0.3) is 0 Å². The maximum absolute atomic E-state index is 13.9. The molecule has 1 saturated carbocycles. The van der Waals surface area contributed by atoms with Crippen molar-refractivity contribution in [3.63, 3.8) is 0 Å². The fraction of sp³-hybridized carbons (Fsp3) is 0.562. The van der Waals surface area contributed by atoms with Crippen molar-refractivity contribution in [3.05, 3.63) is 39.9 Å². The maximum atomic E-state index is 13.9. The molecule has 2 aliphatic carbocycles. The van der Waals surface area contributed by atoms with Crippen molar-refractivity contribution in [2.45, 2.75) is 70.1 Å². The van der Waals surface area contributed by atoms with E-state index in [9.17, 15) is 33.9 Å². The van der Waals surface area contributed by atoms with Gasteiger partial charge in [0.1, 0.15) is 5.75 Å². The number of carboxylic acid groups (broad SMARTS) is 2. The second kappa shape index (κ2) is 13.2. The summed E-state index contributed by atoms with van der Waals surface area (Å²) in [5.74, 6) is -6.86. The second-order valence-corrected chi connectivity index (χ2v) is 13.2. The molecule has 0 aromatic heterocycles. The van der Waals surface area contributed by atoms with Crippen molar-refractivity contribution in [3.8, 4) is 5.75 Å². The van der Waals surface area contributed by atoms with Crippen LogP contribution < -0.4 is 0 Å². The molecule has 12 heteroatoms. The molecule has 0 radical (unpaired) electrons. The molecule has 4 aliphatic rings. The molecule has 44 heavy (non-hydrogen) atoms. The highest BCUT2D eigenvalue weighted by atomic mass is 79.9. The first kappa shape index (κ1) is 31.9. The van der Waals surface area contributed by atoms with Gasteiger partial charge in [-0.2, -0.15) is 0 Å². The summed E-state index contributed by atoms with van der Waals surface area (Å²) in [4.78, 5) is 79.2. The number of carboxylic acids is 2. The fourth-order valence-corrected chi connectivity index (χ4v) is 8.11. The number of fused-ring (bicyclic) bond motifs is 4. The summed E-state index contributed by atoms with van der Waals surface area (Å²) >= 11 is 3.46. The SMILES string of the molecule is O=C(O)CCCCCN1C(=O)C2CC=C3C(CC4C(=O)N(CCCCCC(=O)O)C(=O)C4C3c3cc(Br)ccc3O)C2C1=O. The zero-order valence-corrected chi connectivity index (χ0v) is 25.9. The maximum Gasteiger partial charge on any atom is 0.303 e. The molecule has 1 aromatic rings. The number of phenols is 1. The van der Waals surface area contributed by atoms with Gasteiger partial charge in [-0.05, 0) is 62.6 Å². The Labute approximate surface area is 263 Å². The Morgan fingerprint density at radius 1 is 0.750 bits per heavy atom. The Morgan fingerprint density at radius 2 is 1.32 bits per heavy atom. The van der Waals surface area contributed by atoms with Gasteiger partial charge in [-0.1, -0.05) is 40.4 Å². The van der Waals surface area contributed by atoms with E-state index in [1.807, 2.05) is 6.08 Å². The van der Waals surface area contributed by atoms with Gasteiger partial charge in [0.05, 0.1) is 23.7 Å². The smallest absolute Gasteiger partial charge is 0.303 e. The monoisotopic (exact) mass is 672 g/mol. The lowest BCUT2D eigenvalue weighted by atomic mass is 9.57. The van der Waals surface area contributed by atoms with Crippen LogP contribution in [-0.2, 0) is 28.8 Å². The normalized spacial score (nSPS) is 27.7. The van der Waals surface area contributed by atoms with Gasteiger partial charge in [0.15, 0.2) is 0 Å². The predicted octanol–water partition coefficient (Wildman–Crippen LogP) is 4.08. The van der Waals surface area contributed by atoms with E-state index in [0.717, 1.165) is 5.57 Å². The van der Waals surface area contributed by atoms with Crippen LogP contribution in [-0.4, -0.2) is 73.8 Å². The zero-order valence-electron chi connectivity index (χ0n) is 24.3. The van der Waals surface area contributed by atoms with Crippen LogP contribution >= 0.6 is 15.9 Å². The number of benzene rings is 1. The molecule has 3 fully saturated rings. The van der Waals surface area contributed by atoms with E-state index in [1.54, 1.807) is 12.1 Å². The van der Waals surface area contributed by atoms with Crippen molar-refractivity contribution in [1.82, 2.24) is 9.80 Å². The van der Waals surface area contributed by atoms with E-state index in [1.165, 1.54) is 15.9 Å². The zero-order chi connectivity index (χ0) is 31.7. The topological polar surface area (TPSA) is 170 Å². The van der Waals surface area contributed by atoms with Crippen LogP contribution in [0.4, 0.5) is 0 Å². The summed E-state index contributed by atoms with van der Waals surface area (Å²) in [6.45, 7) is 0.381. The van der Waals surface area contributed by atoms with Crippen molar-refractivity contribution >= 4 is 51.5 Å². The van der Waals surface area contributed by atoms with Crippen LogP contribution in [0, 0.1) is 29.6 Å². The average Bonchev–Trinajstić information content (AvgIpc) is 3.36. The van der Waals surface area contributed by atoms with Crippen LogP contribution in [0.2, 0.25) is 0 Å². The summed E-state index contributed by atoms with van der Waals surface area (Å²) in [5.41, 5.74) is 1.29. The molecule has 6 unspecified atom stereocenters. The van der Waals surface area contributed by atoms with Crippen molar-refractivity contribution in [2.75, 3.05) is 13.1 Å². The number of likely N-dealkylation sites (tertiary alicyclic amines) is 2. The Hall–Kier alpha value is -3.54. The Kier molecular flexibility index (Phi) is 9.57. The number of halogens is 1. The molecule has 11 nitrogen and oxygen atoms in total. The lowest BCUT2D eigenvalue weighted by molar-refractivity contribution is -0.142. The average molecular weight is 674 g/mol. The number of unbranched alkanes of at least 4 members (excludes halogenated alkanes) is 4. The molecule has 2 aliphatic heterocycles. The number of hydrogen-bond acceptors (Lipinski definition) is 7. The minimum Gasteiger partial charge on any atom is -0.508 e. The molecular weight excluding hydrogens is 636 g/mol. The van der Waals surface area contributed by atoms with Crippen molar-refractivity contribution < 1.29 is 44.1 Å². The van der Waals surface area contributed by atoms with E-state index in [4.69, 9.17) is 10.2 Å². The Morgan fingerprint density at radius 3 is 1.91 bits per heavy atom. The van der Waals surface area contributed by atoms with Crippen LogP contribution in [0.15, 0.2) is 34.3 Å². The molecule has 0 spiro atoms. The van der Waals surface area contributed by atoms with Crippen molar-refractivity contribution in [2.24, 2.45) is 29.6 Å². The van der Waals surface area contributed by atoms with E-state index >= 15 is 0 Å². The number of imide groups is 2. The van der Waals surface area contributed by atoms with Gasteiger partial charge >= 0.3 is 11.9 Å². The second-order valence-electron chi connectivity index (χ2n) is 12.3. The highest BCUT2D eigenvalue weighted by Gasteiger charge is 2.62. The molecule has 0 bridgehead atoms. The van der Waals surface area contributed by atoms with Gasteiger partial charge in [0.2, 0.25) is 23.6 Å². The molecule has 1 aromatic carbocycles. The van der Waals surface area contributed by atoms with Crippen molar-refractivity contribution in [1.29, 1.82) is 0 Å². The number of nitrogens with zero attached hydrogens (tertiary/aromatic N) is 2. The minimum atomic E-state index is -0.896. The summed E-state index contributed by atoms with van der Waals surface area (Å²) in [5, 5.41) is 28.8. The van der Waals surface area contributed by atoms with Crippen LogP contribution in [0.25, 0.3) is 0 Å². The summed E-state index contributed by atoms with van der Waals surface area (Å²) < 4.78 is 0.687. The van der Waals surface area contributed by atoms with Crippen LogP contribution in [0.3, 0.4) is 0 Å². The quantitative estimate of drug-likeness (QED) is 0.159. The summed E-state index contributed by atoms with van der Waals surface area (Å²) in [7, 11) is 0. The van der Waals surface area contributed by atoms with E-state index in [2.05, 4.69) is 15.9 Å². The number of amides is 4. The molecule has 4 amide bonds. The molecule has 2 saturated heterocycles. The first-order valence-corrected chi connectivity index (χ1v) is 16.1. The third-order valence-corrected chi connectivity index (χ3v) is 10.2. The number of carbonyl (C=O) groups is 6. The van der Waals surface area contributed by atoms with Gasteiger partial charge in [-0.3, -0.25) is 38.6 Å². The molecule has 3 N–H and O–H groups in total. The number of rotatable bonds is 13. The van der Waals surface area contributed by atoms with E-state index < -0.39 is 47.4 Å². The van der Waals surface area contributed by atoms with Gasteiger partial charge in [0, 0.05) is 41.9 Å². The van der Waals surface area contributed by atoms with Gasteiger partial charge in [-0.25, -0.2) is 0 Å². The van der Waals surface area contributed by atoms with E-state index in [0.29, 0.717) is 55.0 Å². The van der Waals surface area contributed by atoms with E-state index in [-0.39, 0.29) is 61.7 Å². The van der Waals surface area contributed by atoms with Crippen LogP contribution in [0.1, 0.15) is 75.7 Å². The third-order valence-electron chi connectivity index (χ3n) is 9.70. The Balaban J connectivity index is 1.42. The first-order chi connectivity index (χ1) is 21.0. The summed E-state index contributed by atoms with van der Waals surface area (Å²) in [6.07, 6.45) is 5.53. The highest BCUT2D eigenvalue weighted by molar-refractivity contribution is 9.10. The Bertz CT molecular complexity index is 1410. The third kappa shape index (κ3) is 6.05. The minimum absolute atomic E-state index is 0.0157. The number of phenolic OH excluding ortho intramolecular Hbond substituents is 1. The lowest BCUT2D eigenvalue weighted by Crippen LogP contribution is -2.43. The van der Waals surface area contributed by atoms with Gasteiger partial charge in [-0.15, -0.1) is 0 Å². The standard InChI is InChI=1S/C32H37BrN2O9/c33-17-9-12-23(36)21(15-17)26-18-10-11-19-27(31(43)34(29(19)41)13-5-1-3-7-24(37)38)20(18)16-22-28(26)32(44)35(30(22)42)14-6-2-4-8-25(39)40/h9-10,12,15,19-20,22,26-28,36H,1-8,11,13-14,16H2,(H,37,38)(H,39,40). The molecule has 2 heterocycles. The number of carbonyl (C=O) groups excluding carboxylic acids is 4. The largest absolute Gasteiger partial charge is 0.508 e. The molecule has 236 valence electrons. The highest BCUT2D eigenvalue weighted by Crippen LogP contribution is 2.59. The number of aliphatic carboxylic acids is 2. The molecule has 5 rings (SSSR count). The summed E-state index contributed by atoms with van der Waals surface area (Å²) in [6, 6.07) is 4.95. The molecular formula is C32H37BrN2O9. The number of aromatic hydroxyl groups is 1. The number of allylic oxidation sites excluding steroid dienone is 2. The number of hydrogen-bond donors (Lipinski definition) is 3. The van der Waals surface area contributed by atoms with Gasteiger partial charge < -0.3 is 15.3 Å². The van der Waals surface area contributed by atoms with Crippen LogP contribution in [0.5, 0.6) is 5.75 Å².